The first-order valence-corrected chi connectivity index (χ1v) is 5.95. The van der Waals surface area contributed by atoms with Crippen molar-refractivity contribution in [1.29, 1.82) is 0 Å². The summed E-state index contributed by atoms with van der Waals surface area (Å²) in [5.41, 5.74) is 5.48. The minimum atomic E-state index is 0.386. The summed E-state index contributed by atoms with van der Waals surface area (Å²) in [4.78, 5) is 10.4. The fraction of sp³-hybridized carbons (Fsp3) is 0.231. The number of nitrogens with one attached hydrogen (secondary N) is 2. The van der Waals surface area contributed by atoms with Crippen LogP contribution in [0.2, 0.25) is 0 Å². The molecule has 6 nitrogen and oxygen atoms in total. The molecule has 0 aliphatic carbocycles. The maximum absolute atomic E-state index is 5.32. The van der Waals surface area contributed by atoms with Gasteiger partial charge in [0.1, 0.15) is 5.82 Å². The standard InChI is InChI=1S/C13H18N6/c1-9-8-15-13(18-14)17-12(9)16-10-5-4-6-11(7-10)19(2)3/h4-8H,14H2,1-3H3,(H2,15,16,17,18). The number of anilines is 4. The summed E-state index contributed by atoms with van der Waals surface area (Å²) in [6.45, 7) is 1.94. The summed E-state index contributed by atoms with van der Waals surface area (Å²) < 4.78 is 0. The minimum Gasteiger partial charge on any atom is -0.378 e. The monoisotopic (exact) mass is 258 g/mol. The maximum Gasteiger partial charge on any atom is 0.239 e. The normalized spacial score (nSPS) is 10.1. The number of nitrogen functional groups attached to an aromatic ring is 1. The molecular formula is C13H18N6. The van der Waals surface area contributed by atoms with Gasteiger partial charge in [0.15, 0.2) is 0 Å². The molecule has 19 heavy (non-hydrogen) atoms. The van der Waals surface area contributed by atoms with Crippen LogP contribution in [0.4, 0.5) is 23.1 Å². The Balaban J connectivity index is 2.28. The zero-order valence-electron chi connectivity index (χ0n) is 11.3. The van der Waals surface area contributed by atoms with E-state index >= 15 is 0 Å². The third kappa shape index (κ3) is 3.11. The molecule has 0 fully saturated rings. The van der Waals surface area contributed by atoms with Crippen LogP contribution in [0.1, 0.15) is 5.56 Å². The minimum absolute atomic E-state index is 0.386. The average Bonchev–Trinajstić information content (AvgIpc) is 2.41. The predicted molar refractivity (Wildman–Crippen MR) is 78.6 cm³/mol. The third-order valence-electron chi connectivity index (χ3n) is 2.73. The number of aryl methyl sites for hydroxylation is 1. The molecule has 1 aromatic carbocycles. The Kier molecular flexibility index (Phi) is 3.82. The summed E-state index contributed by atoms with van der Waals surface area (Å²) in [6, 6.07) is 8.09. The molecule has 6 heteroatoms. The van der Waals surface area contributed by atoms with Crippen molar-refractivity contribution in [2.24, 2.45) is 5.84 Å². The first-order chi connectivity index (χ1) is 9.10. The van der Waals surface area contributed by atoms with E-state index in [4.69, 9.17) is 5.84 Å². The zero-order chi connectivity index (χ0) is 13.8. The molecule has 0 atom stereocenters. The number of nitrogens with two attached hydrogens (primary N) is 1. The van der Waals surface area contributed by atoms with Crippen molar-refractivity contribution in [1.82, 2.24) is 9.97 Å². The predicted octanol–water partition coefficient (Wildman–Crippen LogP) is 1.88. The van der Waals surface area contributed by atoms with Crippen molar-refractivity contribution in [3.05, 3.63) is 36.0 Å². The van der Waals surface area contributed by atoms with E-state index in [0.717, 1.165) is 22.8 Å². The second-order valence-electron chi connectivity index (χ2n) is 4.44. The lowest BCUT2D eigenvalue weighted by Gasteiger charge is -2.15. The quantitative estimate of drug-likeness (QED) is 0.574. The highest BCUT2D eigenvalue weighted by atomic mass is 15.3. The number of nitrogens with zero attached hydrogens (tertiary/aromatic N) is 3. The van der Waals surface area contributed by atoms with Crippen molar-refractivity contribution >= 4 is 23.1 Å². The molecule has 2 rings (SSSR count). The van der Waals surface area contributed by atoms with E-state index in [1.165, 1.54) is 0 Å². The maximum atomic E-state index is 5.32. The Labute approximate surface area is 112 Å². The van der Waals surface area contributed by atoms with Crippen LogP contribution in [0.5, 0.6) is 0 Å². The van der Waals surface area contributed by atoms with Gasteiger partial charge in [0.25, 0.3) is 0 Å². The second kappa shape index (κ2) is 5.53. The Hall–Kier alpha value is -2.34. The van der Waals surface area contributed by atoms with Gasteiger partial charge in [-0.05, 0) is 25.1 Å². The van der Waals surface area contributed by atoms with Crippen molar-refractivity contribution in [3.63, 3.8) is 0 Å². The van der Waals surface area contributed by atoms with Crippen molar-refractivity contribution < 1.29 is 0 Å². The van der Waals surface area contributed by atoms with E-state index in [-0.39, 0.29) is 0 Å². The van der Waals surface area contributed by atoms with Crippen LogP contribution in [0, 0.1) is 6.92 Å². The van der Waals surface area contributed by atoms with E-state index in [2.05, 4.69) is 26.8 Å². The van der Waals surface area contributed by atoms with Crippen LogP contribution in [0.25, 0.3) is 0 Å². The number of hydrazine groups is 1. The number of aromatic nitrogens is 2. The van der Waals surface area contributed by atoms with Crippen LogP contribution in [0.15, 0.2) is 30.5 Å². The molecule has 0 radical (unpaired) electrons. The molecule has 2 aromatic rings. The molecule has 4 N–H and O–H groups in total. The van der Waals surface area contributed by atoms with E-state index in [9.17, 15) is 0 Å². The second-order valence-corrected chi connectivity index (χ2v) is 4.44. The molecular weight excluding hydrogens is 240 g/mol. The lowest BCUT2D eigenvalue weighted by atomic mass is 10.2. The number of hydrogen-bond donors (Lipinski definition) is 3. The Morgan fingerprint density at radius 2 is 2.05 bits per heavy atom. The highest BCUT2D eigenvalue weighted by molar-refractivity contribution is 5.65. The largest absolute Gasteiger partial charge is 0.378 e. The molecule has 0 bridgehead atoms. The summed E-state index contributed by atoms with van der Waals surface area (Å²) in [5, 5.41) is 3.27. The van der Waals surface area contributed by atoms with Gasteiger partial charge in [0.05, 0.1) is 0 Å². The molecule has 0 amide bonds. The number of rotatable bonds is 4. The molecule has 0 saturated heterocycles. The van der Waals surface area contributed by atoms with Crippen LogP contribution in [-0.2, 0) is 0 Å². The van der Waals surface area contributed by atoms with Crippen molar-refractivity contribution in [2.75, 3.05) is 29.7 Å². The van der Waals surface area contributed by atoms with Gasteiger partial charge in [-0.25, -0.2) is 10.8 Å². The zero-order valence-corrected chi connectivity index (χ0v) is 11.3. The fourth-order valence-electron chi connectivity index (χ4n) is 1.64. The molecule has 0 spiro atoms. The molecule has 0 aliphatic heterocycles. The van der Waals surface area contributed by atoms with Gasteiger partial charge in [-0.3, -0.25) is 5.43 Å². The van der Waals surface area contributed by atoms with Gasteiger partial charge in [-0.1, -0.05) is 6.07 Å². The Morgan fingerprint density at radius 1 is 1.26 bits per heavy atom. The molecule has 1 aromatic heterocycles. The van der Waals surface area contributed by atoms with Gasteiger partial charge < -0.3 is 10.2 Å². The van der Waals surface area contributed by atoms with E-state index < -0.39 is 0 Å². The summed E-state index contributed by atoms with van der Waals surface area (Å²) >= 11 is 0. The van der Waals surface area contributed by atoms with Gasteiger partial charge in [-0.2, -0.15) is 4.98 Å². The van der Waals surface area contributed by atoms with Crippen molar-refractivity contribution in [2.45, 2.75) is 6.92 Å². The van der Waals surface area contributed by atoms with E-state index in [0.29, 0.717) is 5.95 Å². The Morgan fingerprint density at radius 3 is 2.74 bits per heavy atom. The lowest BCUT2D eigenvalue weighted by molar-refractivity contribution is 1.09. The summed E-state index contributed by atoms with van der Waals surface area (Å²) in [6.07, 6.45) is 1.72. The fourth-order valence-corrected chi connectivity index (χ4v) is 1.64. The number of benzene rings is 1. The summed E-state index contributed by atoms with van der Waals surface area (Å²) in [7, 11) is 4.01. The molecule has 0 saturated carbocycles. The van der Waals surface area contributed by atoms with Crippen LogP contribution >= 0.6 is 0 Å². The molecule has 0 unspecified atom stereocenters. The van der Waals surface area contributed by atoms with Gasteiger partial charge in [0, 0.05) is 37.2 Å². The van der Waals surface area contributed by atoms with Gasteiger partial charge in [0.2, 0.25) is 5.95 Å². The van der Waals surface area contributed by atoms with Crippen LogP contribution < -0.4 is 21.5 Å². The van der Waals surface area contributed by atoms with Crippen LogP contribution in [0.3, 0.4) is 0 Å². The lowest BCUT2D eigenvalue weighted by Crippen LogP contribution is -2.12. The van der Waals surface area contributed by atoms with Gasteiger partial charge >= 0.3 is 0 Å². The topological polar surface area (TPSA) is 79.1 Å². The average molecular weight is 258 g/mol. The first kappa shape index (κ1) is 13.1. The highest BCUT2D eigenvalue weighted by Crippen LogP contribution is 2.22. The van der Waals surface area contributed by atoms with Gasteiger partial charge in [-0.15, -0.1) is 0 Å². The smallest absolute Gasteiger partial charge is 0.239 e. The highest BCUT2D eigenvalue weighted by Gasteiger charge is 2.04. The number of hydrogen-bond acceptors (Lipinski definition) is 6. The first-order valence-electron chi connectivity index (χ1n) is 5.95. The van der Waals surface area contributed by atoms with E-state index in [1.54, 1.807) is 6.20 Å². The molecule has 100 valence electrons. The third-order valence-corrected chi connectivity index (χ3v) is 2.73. The summed E-state index contributed by atoms with van der Waals surface area (Å²) in [5.74, 6) is 6.44. The van der Waals surface area contributed by atoms with Crippen molar-refractivity contribution in [3.8, 4) is 0 Å². The molecule has 1 heterocycles. The molecule has 0 aliphatic rings. The van der Waals surface area contributed by atoms with Crippen LogP contribution in [-0.4, -0.2) is 24.1 Å². The van der Waals surface area contributed by atoms with E-state index in [1.807, 2.05) is 44.1 Å². The SMILES string of the molecule is Cc1cnc(NN)nc1Nc1cccc(N(C)C)c1. The Bertz CT molecular complexity index is 567.